The van der Waals surface area contributed by atoms with Crippen LogP contribution in [-0.2, 0) is 0 Å². The molecule has 2 heterocycles. The minimum Gasteiger partial charge on any atom is -0.476 e. The maximum Gasteiger partial charge on any atom is 0.356 e. The van der Waals surface area contributed by atoms with Gasteiger partial charge in [0.25, 0.3) is 0 Å². The highest BCUT2D eigenvalue weighted by Crippen LogP contribution is 2.27. The molecule has 0 saturated heterocycles. The van der Waals surface area contributed by atoms with Crippen molar-refractivity contribution in [3.8, 4) is 10.7 Å². The molecule has 0 atom stereocenters. The van der Waals surface area contributed by atoms with Gasteiger partial charge < -0.3 is 5.11 Å². The van der Waals surface area contributed by atoms with Crippen molar-refractivity contribution in [1.82, 2.24) is 9.97 Å². The molecule has 0 radical (unpaired) electrons. The predicted octanol–water partition coefficient (Wildman–Crippen LogP) is 2.25. The van der Waals surface area contributed by atoms with Crippen molar-refractivity contribution in [3.05, 3.63) is 34.7 Å². The van der Waals surface area contributed by atoms with Gasteiger partial charge >= 0.3 is 5.97 Å². The number of rotatable bonds is 3. The summed E-state index contributed by atoms with van der Waals surface area (Å²) in [5.74, 6) is -2.15. The number of carbonyl (C=O) groups excluding carboxylic acids is 1. The number of carbonyl (C=O) groups is 2. The van der Waals surface area contributed by atoms with E-state index in [1.807, 2.05) is 0 Å². The molecule has 0 bridgehead atoms. The Labute approximate surface area is 105 Å². The van der Waals surface area contributed by atoms with Gasteiger partial charge in [0.1, 0.15) is 15.7 Å². The van der Waals surface area contributed by atoms with Crippen LogP contribution < -0.4 is 0 Å². The fourth-order valence-electron chi connectivity index (χ4n) is 1.32. The molecule has 0 aliphatic heterocycles. The SMILES string of the molecule is CC(=O)c1sc(-c2ccc(F)cn2)nc1C(=O)O. The van der Waals surface area contributed by atoms with Crippen LogP contribution in [0, 0.1) is 5.82 Å². The Balaban J connectivity index is 2.53. The van der Waals surface area contributed by atoms with E-state index in [0.29, 0.717) is 5.69 Å². The van der Waals surface area contributed by atoms with Gasteiger partial charge in [0, 0.05) is 6.92 Å². The Morgan fingerprint density at radius 3 is 2.56 bits per heavy atom. The van der Waals surface area contributed by atoms with Crippen molar-refractivity contribution in [2.75, 3.05) is 0 Å². The lowest BCUT2D eigenvalue weighted by atomic mass is 10.3. The number of nitrogens with zero attached hydrogens (tertiary/aromatic N) is 2. The second-order valence-corrected chi connectivity index (χ2v) is 4.42. The van der Waals surface area contributed by atoms with Gasteiger partial charge in [-0.1, -0.05) is 0 Å². The first-order chi connectivity index (χ1) is 8.49. The molecule has 18 heavy (non-hydrogen) atoms. The van der Waals surface area contributed by atoms with E-state index in [1.165, 1.54) is 19.1 Å². The van der Waals surface area contributed by atoms with Crippen LogP contribution in [0.5, 0.6) is 0 Å². The minimum absolute atomic E-state index is 0.0589. The van der Waals surface area contributed by atoms with Crippen molar-refractivity contribution in [1.29, 1.82) is 0 Å². The van der Waals surface area contributed by atoms with Gasteiger partial charge in [0.15, 0.2) is 11.5 Å². The molecule has 7 heteroatoms. The Morgan fingerprint density at radius 1 is 1.39 bits per heavy atom. The fourth-order valence-corrected chi connectivity index (χ4v) is 2.24. The summed E-state index contributed by atoms with van der Waals surface area (Å²) >= 11 is 0.928. The molecular formula is C11H7FN2O3S. The number of halogens is 1. The van der Waals surface area contributed by atoms with E-state index >= 15 is 0 Å². The maximum absolute atomic E-state index is 12.7. The van der Waals surface area contributed by atoms with E-state index in [9.17, 15) is 14.0 Å². The monoisotopic (exact) mass is 266 g/mol. The van der Waals surface area contributed by atoms with Gasteiger partial charge in [-0.3, -0.25) is 9.78 Å². The Morgan fingerprint density at radius 2 is 2.11 bits per heavy atom. The number of aromatic nitrogens is 2. The predicted molar refractivity (Wildman–Crippen MR) is 62.3 cm³/mol. The summed E-state index contributed by atoms with van der Waals surface area (Å²) in [6.07, 6.45) is 1.00. The van der Waals surface area contributed by atoms with Gasteiger partial charge in [0.2, 0.25) is 0 Å². The molecule has 0 aromatic carbocycles. The first-order valence-corrected chi connectivity index (χ1v) is 5.67. The molecule has 2 rings (SSSR count). The van der Waals surface area contributed by atoms with Crippen LogP contribution in [0.15, 0.2) is 18.3 Å². The Kier molecular flexibility index (Phi) is 3.15. The number of ketones is 1. The van der Waals surface area contributed by atoms with Crippen molar-refractivity contribution in [3.63, 3.8) is 0 Å². The van der Waals surface area contributed by atoms with Crippen LogP contribution in [0.2, 0.25) is 0 Å². The van der Waals surface area contributed by atoms with E-state index in [0.717, 1.165) is 17.5 Å². The third kappa shape index (κ3) is 2.25. The molecular weight excluding hydrogens is 259 g/mol. The van der Waals surface area contributed by atoms with Crippen molar-refractivity contribution in [2.45, 2.75) is 6.92 Å². The molecule has 0 aliphatic rings. The topological polar surface area (TPSA) is 80.2 Å². The lowest BCUT2D eigenvalue weighted by Crippen LogP contribution is -2.03. The minimum atomic E-state index is -1.27. The van der Waals surface area contributed by atoms with Crippen LogP contribution >= 0.6 is 11.3 Å². The number of pyridine rings is 1. The average molecular weight is 266 g/mol. The summed E-state index contributed by atoms with van der Waals surface area (Å²) in [6, 6.07) is 2.57. The zero-order valence-corrected chi connectivity index (χ0v) is 9.99. The first-order valence-electron chi connectivity index (χ1n) is 4.86. The number of thiazole rings is 1. The summed E-state index contributed by atoms with van der Waals surface area (Å²) < 4.78 is 12.7. The third-order valence-electron chi connectivity index (χ3n) is 2.10. The van der Waals surface area contributed by atoms with Crippen LogP contribution in [0.25, 0.3) is 10.7 Å². The summed E-state index contributed by atoms with van der Waals surface area (Å²) in [5.41, 5.74) is 0.0324. The average Bonchev–Trinajstić information content (AvgIpc) is 2.75. The van der Waals surface area contributed by atoms with Crippen LogP contribution in [-0.4, -0.2) is 26.8 Å². The Bertz CT molecular complexity index is 590. The molecule has 92 valence electrons. The van der Waals surface area contributed by atoms with Gasteiger partial charge in [-0.15, -0.1) is 11.3 Å². The second-order valence-electron chi connectivity index (χ2n) is 3.42. The van der Waals surface area contributed by atoms with Crippen LogP contribution in [0.3, 0.4) is 0 Å². The summed E-state index contributed by atoms with van der Waals surface area (Å²) in [7, 11) is 0. The number of hydrogen-bond donors (Lipinski definition) is 1. The largest absolute Gasteiger partial charge is 0.476 e. The van der Waals surface area contributed by atoms with E-state index in [-0.39, 0.29) is 21.4 Å². The van der Waals surface area contributed by atoms with Crippen LogP contribution in [0.1, 0.15) is 27.1 Å². The molecule has 0 fully saturated rings. The van der Waals surface area contributed by atoms with E-state index in [2.05, 4.69) is 9.97 Å². The zero-order chi connectivity index (χ0) is 13.3. The normalized spacial score (nSPS) is 10.3. The highest BCUT2D eigenvalue weighted by Gasteiger charge is 2.21. The molecule has 0 aliphatic carbocycles. The molecule has 2 aromatic rings. The van der Waals surface area contributed by atoms with Gasteiger partial charge in [0.05, 0.1) is 11.9 Å². The number of Topliss-reactive ketones (excluding diaryl/α,β-unsaturated/α-hetero) is 1. The van der Waals surface area contributed by atoms with Gasteiger partial charge in [-0.25, -0.2) is 14.2 Å². The number of carboxylic acids is 1. The third-order valence-corrected chi connectivity index (χ3v) is 3.27. The standard InChI is InChI=1S/C11H7FN2O3S/c1-5(15)9-8(11(16)17)14-10(18-9)7-3-2-6(12)4-13-7/h2-4H,1H3,(H,16,17). The summed E-state index contributed by atoms with van der Waals surface area (Å²) in [6.45, 7) is 1.27. The lowest BCUT2D eigenvalue weighted by Gasteiger charge is -1.93. The van der Waals surface area contributed by atoms with Crippen molar-refractivity contribution >= 4 is 23.1 Å². The van der Waals surface area contributed by atoms with E-state index < -0.39 is 11.8 Å². The summed E-state index contributed by atoms with van der Waals surface area (Å²) in [4.78, 5) is 29.9. The first kappa shape index (κ1) is 12.3. The smallest absolute Gasteiger partial charge is 0.356 e. The quantitative estimate of drug-likeness (QED) is 0.862. The molecule has 1 N–H and O–H groups in total. The molecule has 0 spiro atoms. The number of aromatic carboxylic acids is 1. The molecule has 0 amide bonds. The number of hydrogen-bond acceptors (Lipinski definition) is 5. The molecule has 0 saturated carbocycles. The van der Waals surface area contributed by atoms with Crippen molar-refractivity contribution in [2.24, 2.45) is 0 Å². The highest BCUT2D eigenvalue weighted by molar-refractivity contribution is 7.17. The maximum atomic E-state index is 12.7. The molecule has 5 nitrogen and oxygen atoms in total. The Hall–Kier alpha value is -2.15. The van der Waals surface area contributed by atoms with Gasteiger partial charge in [-0.2, -0.15) is 0 Å². The zero-order valence-electron chi connectivity index (χ0n) is 9.18. The highest BCUT2D eigenvalue weighted by atomic mass is 32.1. The fraction of sp³-hybridized carbons (Fsp3) is 0.0909. The molecule has 2 aromatic heterocycles. The lowest BCUT2D eigenvalue weighted by molar-refractivity contribution is 0.0687. The van der Waals surface area contributed by atoms with Gasteiger partial charge in [-0.05, 0) is 12.1 Å². The van der Waals surface area contributed by atoms with E-state index in [4.69, 9.17) is 5.11 Å². The number of carboxylic acid groups (broad SMARTS) is 1. The molecule has 0 unspecified atom stereocenters. The summed E-state index contributed by atoms with van der Waals surface area (Å²) in [5, 5.41) is 9.21. The van der Waals surface area contributed by atoms with Crippen LogP contribution in [0.4, 0.5) is 4.39 Å². The van der Waals surface area contributed by atoms with E-state index in [1.54, 1.807) is 0 Å². The van der Waals surface area contributed by atoms with Crippen molar-refractivity contribution < 1.29 is 19.1 Å². The second kappa shape index (κ2) is 4.61.